The molecule has 1 amide bonds. The second kappa shape index (κ2) is 6.79. The highest BCUT2D eigenvalue weighted by atomic mass is 19.1. The van der Waals surface area contributed by atoms with Gasteiger partial charge in [0.2, 0.25) is 0 Å². The molecule has 130 valence electrons. The van der Waals surface area contributed by atoms with Gasteiger partial charge in [0.1, 0.15) is 5.82 Å². The van der Waals surface area contributed by atoms with Crippen molar-refractivity contribution >= 4 is 16.8 Å². The van der Waals surface area contributed by atoms with Crippen LogP contribution in [0.4, 0.5) is 4.39 Å². The Bertz CT molecular complexity index is 1070. The fourth-order valence-electron chi connectivity index (χ4n) is 2.77. The first-order valence-electron chi connectivity index (χ1n) is 8.09. The largest absolute Gasteiger partial charge is 0.361 e. The number of rotatable bonds is 5. The van der Waals surface area contributed by atoms with Gasteiger partial charge in [0.15, 0.2) is 5.82 Å². The number of nitrogens with one attached hydrogen (secondary N) is 2. The summed E-state index contributed by atoms with van der Waals surface area (Å²) in [5, 5.41) is 7.58. The third kappa shape index (κ3) is 3.32. The summed E-state index contributed by atoms with van der Waals surface area (Å²) < 4.78 is 18.2. The molecule has 2 N–H and O–H groups in total. The molecule has 26 heavy (non-hydrogen) atoms. The Balaban J connectivity index is 1.43. The number of hydrogen-bond donors (Lipinski definition) is 2. The highest BCUT2D eigenvalue weighted by Crippen LogP contribution is 2.19. The van der Waals surface area contributed by atoms with Crippen LogP contribution in [0.2, 0.25) is 0 Å². The van der Waals surface area contributed by atoms with Crippen molar-refractivity contribution in [3.63, 3.8) is 0 Å². The predicted molar refractivity (Wildman–Crippen MR) is 93.0 cm³/mol. The van der Waals surface area contributed by atoms with Crippen molar-refractivity contribution in [1.82, 2.24) is 20.4 Å². The number of carbonyl (C=O) groups excluding carboxylic acids is 1. The van der Waals surface area contributed by atoms with Crippen LogP contribution in [0.25, 0.3) is 10.9 Å². The number of aromatic nitrogens is 3. The van der Waals surface area contributed by atoms with Crippen molar-refractivity contribution in [1.29, 1.82) is 0 Å². The zero-order valence-electron chi connectivity index (χ0n) is 13.7. The highest BCUT2D eigenvalue weighted by molar-refractivity contribution is 5.89. The summed E-state index contributed by atoms with van der Waals surface area (Å²) in [6, 6.07) is 13.9. The van der Waals surface area contributed by atoms with Gasteiger partial charge in [0.05, 0.1) is 0 Å². The monoisotopic (exact) mass is 350 g/mol. The van der Waals surface area contributed by atoms with E-state index in [0.717, 1.165) is 16.5 Å². The fraction of sp³-hybridized carbons (Fsp3) is 0.105. The summed E-state index contributed by atoms with van der Waals surface area (Å²) in [7, 11) is 0. The zero-order chi connectivity index (χ0) is 17.9. The first-order chi connectivity index (χ1) is 12.7. The van der Waals surface area contributed by atoms with Gasteiger partial charge in [0, 0.05) is 30.1 Å². The lowest BCUT2D eigenvalue weighted by atomic mass is 10.1. The normalized spacial score (nSPS) is 11.0. The lowest BCUT2D eigenvalue weighted by Crippen LogP contribution is -2.23. The molecule has 0 radical (unpaired) electrons. The molecule has 0 fully saturated rings. The minimum atomic E-state index is -0.494. The lowest BCUT2D eigenvalue weighted by molar-refractivity contribution is 0.0907. The molecule has 2 heterocycles. The van der Waals surface area contributed by atoms with Crippen LogP contribution in [-0.2, 0) is 13.0 Å². The van der Waals surface area contributed by atoms with E-state index in [1.54, 1.807) is 12.1 Å². The summed E-state index contributed by atoms with van der Waals surface area (Å²) in [6.07, 6.45) is 2.34. The van der Waals surface area contributed by atoms with Crippen molar-refractivity contribution in [3.05, 3.63) is 83.4 Å². The van der Waals surface area contributed by atoms with E-state index in [-0.39, 0.29) is 18.3 Å². The van der Waals surface area contributed by atoms with Gasteiger partial charge in [-0.15, -0.1) is 0 Å². The van der Waals surface area contributed by atoms with E-state index in [1.807, 2.05) is 30.5 Å². The van der Waals surface area contributed by atoms with Crippen LogP contribution >= 0.6 is 0 Å². The Labute approximate surface area is 148 Å². The van der Waals surface area contributed by atoms with Crippen LogP contribution in [0.15, 0.2) is 59.3 Å². The van der Waals surface area contributed by atoms with Crippen LogP contribution in [-0.4, -0.2) is 21.0 Å². The average molecular weight is 350 g/mol. The summed E-state index contributed by atoms with van der Waals surface area (Å²) in [4.78, 5) is 19.5. The number of aromatic amines is 1. The third-order valence-corrected chi connectivity index (χ3v) is 4.03. The molecule has 4 rings (SSSR count). The zero-order valence-corrected chi connectivity index (χ0v) is 13.7. The van der Waals surface area contributed by atoms with Crippen molar-refractivity contribution in [3.8, 4) is 0 Å². The second-order valence-electron chi connectivity index (χ2n) is 5.86. The first-order valence-corrected chi connectivity index (χ1v) is 8.09. The number of amides is 1. The highest BCUT2D eigenvalue weighted by Gasteiger charge is 2.16. The van der Waals surface area contributed by atoms with Crippen LogP contribution in [0.3, 0.4) is 0 Å². The molecule has 2 aromatic carbocycles. The Morgan fingerprint density at radius 1 is 1.19 bits per heavy atom. The summed E-state index contributed by atoms with van der Waals surface area (Å²) in [5.74, 6) is -0.538. The van der Waals surface area contributed by atoms with Gasteiger partial charge in [0.25, 0.3) is 0 Å². The topological polar surface area (TPSA) is 83.8 Å². The van der Waals surface area contributed by atoms with Gasteiger partial charge in [-0.05, 0) is 29.3 Å². The molecule has 0 aliphatic carbocycles. The Hall–Kier alpha value is -3.48. The maximum Gasteiger partial charge on any atom is 0.315 e. The first kappa shape index (κ1) is 16.0. The number of halogens is 1. The minimum Gasteiger partial charge on any atom is -0.361 e. The maximum atomic E-state index is 13.2. The standard InChI is InChI=1S/C19H15FN4O2/c20-14-5-3-4-12(8-14)10-22-18(25)19-23-17(24-26-19)9-13-11-21-16-7-2-1-6-15(13)16/h1-8,11,21H,9-10H2,(H,22,25). The molecule has 0 spiro atoms. The molecule has 0 saturated heterocycles. The van der Waals surface area contributed by atoms with Crippen molar-refractivity contribution < 1.29 is 13.7 Å². The number of nitrogens with zero attached hydrogens (tertiary/aromatic N) is 2. The number of hydrogen-bond acceptors (Lipinski definition) is 4. The molecule has 2 aromatic heterocycles. The SMILES string of the molecule is O=C(NCc1cccc(F)c1)c1nc(Cc2c[nH]c3ccccc23)no1. The number of carbonyl (C=O) groups is 1. The smallest absolute Gasteiger partial charge is 0.315 e. The third-order valence-electron chi connectivity index (χ3n) is 4.03. The predicted octanol–water partition coefficient (Wildman–Crippen LogP) is 3.21. The van der Waals surface area contributed by atoms with E-state index in [2.05, 4.69) is 20.4 Å². The Morgan fingerprint density at radius 3 is 2.96 bits per heavy atom. The van der Waals surface area contributed by atoms with Gasteiger partial charge < -0.3 is 14.8 Å². The molecule has 0 aliphatic rings. The molecule has 7 heteroatoms. The molecule has 0 bridgehead atoms. The summed E-state index contributed by atoms with van der Waals surface area (Å²) in [6.45, 7) is 0.177. The maximum absolute atomic E-state index is 13.2. The van der Waals surface area contributed by atoms with E-state index < -0.39 is 5.91 Å². The fourth-order valence-corrected chi connectivity index (χ4v) is 2.77. The summed E-state index contributed by atoms with van der Waals surface area (Å²) in [5.41, 5.74) is 2.70. The van der Waals surface area contributed by atoms with Crippen LogP contribution in [0, 0.1) is 5.82 Å². The quantitative estimate of drug-likeness (QED) is 0.579. The van der Waals surface area contributed by atoms with Gasteiger partial charge in [-0.2, -0.15) is 4.98 Å². The van der Waals surface area contributed by atoms with Crippen molar-refractivity contribution in [2.45, 2.75) is 13.0 Å². The van der Waals surface area contributed by atoms with E-state index in [1.165, 1.54) is 12.1 Å². The summed E-state index contributed by atoms with van der Waals surface area (Å²) >= 11 is 0. The number of benzene rings is 2. The molecule has 0 saturated carbocycles. The van der Waals surface area contributed by atoms with Crippen LogP contribution in [0.1, 0.15) is 27.6 Å². The number of fused-ring (bicyclic) bond motifs is 1. The van der Waals surface area contributed by atoms with Crippen LogP contribution < -0.4 is 5.32 Å². The van der Waals surface area contributed by atoms with Gasteiger partial charge in [-0.3, -0.25) is 4.79 Å². The van der Waals surface area contributed by atoms with E-state index >= 15 is 0 Å². The Kier molecular flexibility index (Phi) is 4.18. The average Bonchev–Trinajstić information content (AvgIpc) is 3.28. The molecule has 0 atom stereocenters. The Morgan fingerprint density at radius 2 is 2.08 bits per heavy atom. The minimum absolute atomic E-state index is 0.115. The lowest BCUT2D eigenvalue weighted by Gasteiger charge is -2.02. The van der Waals surface area contributed by atoms with Gasteiger partial charge >= 0.3 is 11.8 Å². The van der Waals surface area contributed by atoms with Crippen molar-refractivity contribution in [2.24, 2.45) is 0 Å². The number of para-hydroxylation sites is 1. The second-order valence-corrected chi connectivity index (χ2v) is 5.86. The molecule has 6 nitrogen and oxygen atoms in total. The van der Waals surface area contributed by atoms with Gasteiger partial charge in [-0.25, -0.2) is 4.39 Å². The van der Waals surface area contributed by atoms with E-state index in [4.69, 9.17) is 4.52 Å². The van der Waals surface area contributed by atoms with Crippen molar-refractivity contribution in [2.75, 3.05) is 0 Å². The molecule has 4 aromatic rings. The molecular formula is C19H15FN4O2. The number of H-pyrrole nitrogens is 1. The van der Waals surface area contributed by atoms with Gasteiger partial charge in [-0.1, -0.05) is 35.5 Å². The van der Waals surface area contributed by atoms with E-state index in [0.29, 0.717) is 17.8 Å². The molecule has 0 unspecified atom stereocenters. The molecule has 0 aliphatic heterocycles. The van der Waals surface area contributed by atoms with E-state index in [9.17, 15) is 9.18 Å². The molecular weight excluding hydrogens is 335 g/mol. The van der Waals surface area contributed by atoms with Crippen LogP contribution in [0.5, 0.6) is 0 Å².